The van der Waals surface area contributed by atoms with E-state index in [9.17, 15) is 9.90 Å². The normalized spacial score (nSPS) is 12.6. The van der Waals surface area contributed by atoms with Gasteiger partial charge in [-0.2, -0.15) is 0 Å². The van der Waals surface area contributed by atoms with Gasteiger partial charge in [0.05, 0.1) is 31.3 Å². The number of fused-ring (bicyclic) bond motifs is 1. The van der Waals surface area contributed by atoms with Crippen molar-refractivity contribution in [3.8, 4) is 5.75 Å². The van der Waals surface area contributed by atoms with Gasteiger partial charge in [0, 0.05) is 13.0 Å². The number of nitrogens with zero attached hydrogens (tertiary/aromatic N) is 3. The van der Waals surface area contributed by atoms with Gasteiger partial charge in [0.1, 0.15) is 11.3 Å². The predicted molar refractivity (Wildman–Crippen MR) is 134 cm³/mol. The van der Waals surface area contributed by atoms with E-state index in [4.69, 9.17) is 9.47 Å². The fraction of sp³-hybridized carbons (Fsp3) is 0.321. The molecule has 1 unspecified atom stereocenters. The van der Waals surface area contributed by atoms with Crippen LogP contribution in [0.25, 0.3) is 11.0 Å². The molecular weight excluding hydrogens is 442 g/mol. The van der Waals surface area contributed by atoms with Crippen molar-refractivity contribution in [3.05, 3.63) is 88.5 Å². The number of ether oxygens (including phenoxy) is 2. The largest absolute Gasteiger partial charge is 0.497 e. The summed E-state index contributed by atoms with van der Waals surface area (Å²) in [6, 6.07) is 19.7. The molecule has 1 aromatic heterocycles. The van der Waals surface area contributed by atoms with E-state index < -0.39 is 11.4 Å². The summed E-state index contributed by atoms with van der Waals surface area (Å²) >= 11 is 0. The molecule has 0 radical (unpaired) electrons. The summed E-state index contributed by atoms with van der Waals surface area (Å²) in [5, 5.41) is 18.6. The monoisotopic (exact) mass is 473 g/mol. The first-order chi connectivity index (χ1) is 16.7. The Labute approximate surface area is 205 Å². The average molecular weight is 474 g/mol. The maximum atomic E-state index is 12.4. The van der Waals surface area contributed by atoms with Gasteiger partial charge in [-0.05, 0) is 66.8 Å². The van der Waals surface area contributed by atoms with Crippen LogP contribution < -0.4 is 4.74 Å². The first-order valence-electron chi connectivity index (χ1n) is 11.5. The van der Waals surface area contributed by atoms with Gasteiger partial charge in [0.15, 0.2) is 0 Å². The lowest BCUT2D eigenvalue weighted by atomic mass is 9.70. The van der Waals surface area contributed by atoms with Crippen LogP contribution in [0.1, 0.15) is 47.6 Å². The van der Waals surface area contributed by atoms with Gasteiger partial charge >= 0.3 is 5.97 Å². The number of carbonyl (C=O) groups is 1. The summed E-state index contributed by atoms with van der Waals surface area (Å²) in [5.41, 5.74) is 5.49. The number of rotatable bonds is 9. The van der Waals surface area contributed by atoms with Crippen LogP contribution in [0.3, 0.4) is 0 Å². The van der Waals surface area contributed by atoms with E-state index in [1.54, 1.807) is 25.6 Å². The Morgan fingerprint density at radius 1 is 1.06 bits per heavy atom. The maximum absolute atomic E-state index is 12.4. The SMILES string of the molecule is COc1ccc(COCc2cccc(C(c3ccc4c(nnn4C)c3C)C(C)(C)C(=O)O)c2)cc1. The van der Waals surface area contributed by atoms with Crippen LogP contribution in [-0.2, 0) is 29.8 Å². The summed E-state index contributed by atoms with van der Waals surface area (Å²) in [4.78, 5) is 12.4. The quantitative estimate of drug-likeness (QED) is 0.358. The average Bonchev–Trinajstić information content (AvgIpc) is 3.22. The molecule has 0 fully saturated rings. The van der Waals surface area contributed by atoms with E-state index >= 15 is 0 Å². The summed E-state index contributed by atoms with van der Waals surface area (Å²) in [6.07, 6.45) is 0. The van der Waals surface area contributed by atoms with Crippen molar-refractivity contribution in [2.24, 2.45) is 12.5 Å². The van der Waals surface area contributed by atoms with Crippen LogP contribution in [0.2, 0.25) is 0 Å². The second kappa shape index (κ2) is 9.88. The van der Waals surface area contributed by atoms with E-state index in [1.165, 1.54) is 0 Å². The summed E-state index contributed by atoms with van der Waals surface area (Å²) in [5.74, 6) is -0.432. The number of aromatic nitrogens is 3. The highest BCUT2D eigenvalue weighted by Crippen LogP contribution is 2.43. The minimum Gasteiger partial charge on any atom is -0.497 e. The van der Waals surface area contributed by atoms with E-state index in [2.05, 4.69) is 10.3 Å². The first-order valence-corrected chi connectivity index (χ1v) is 11.5. The lowest BCUT2D eigenvalue weighted by Crippen LogP contribution is -2.32. The number of aryl methyl sites for hydroxylation is 2. The van der Waals surface area contributed by atoms with E-state index in [-0.39, 0.29) is 5.92 Å². The zero-order chi connectivity index (χ0) is 25.2. The molecule has 4 rings (SSSR count). The van der Waals surface area contributed by atoms with Crippen molar-refractivity contribution in [2.75, 3.05) is 7.11 Å². The second-order valence-electron chi connectivity index (χ2n) is 9.41. The molecular formula is C28H31N3O4. The molecule has 1 heterocycles. The molecule has 0 aliphatic rings. The predicted octanol–water partition coefficient (Wildman–Crippen LogP) is 5.24. The van der Waals surface area contributed by atoms with Crippen molar-refractivity contribution < 1.29 is 19.4 Å². The molecule has 1 N–H and O–H groups in total. The zero-order valence-corrected chi connectivity index (χ0v) is 20.8. The van der Waals surface area contributed by atoms with Gasteiger partial charge in [0.25, 0.3) is 0 Å². The number of aliphatic carboxylic acids is 1. The van der Waals surface area contributed by atoms with E-state index in [0.29, 0.717) is 13.2 Å². The Kier molecular flexibility index (Phi) is 6.89. The molecule has 0 saturated heterocycles. The third-order valence-electron chi connectivity index (χ3n) is 6.64. The molecule has 0 spiro atoms. The third-order valence-corrected chi connectivity index (χ3v) is 6.64. The first kappa shape index (κ1) is 24.4. The molecule has 182 valence electrons. The van der Waals surface area contributed by atoms with Crippen molar-refractivity contribution in [2.45, 2.75) is 39.9 Å². The van der Waals surface area contributed by atoms with Crippen LogP contribution in [0.4, 0.5) is 0 Å². The minimum atomic E-state index is -1.05. The molecule has 35 heavy (non-hydrogen) atoms. The van der Waals surface area contributed by atoms with Crippen molar-refractivity contribution >= 4 is 17.0 Å². The molecule has 0 aliphatic carbocycles. The molecule has 1 atom stereocenters. The van der Waals surface area contributed by atoms with Crippen molar-refractivity contribution in [3.63, 3.8) is 0 Å². The third kappa shape index (κ3) is 4.91. The highest BCUT2D eigenvalue weighted by Gasteiger charge is 2.40. The maximum Gasteiger partial charge on any atom is 0.310 e. The van der Waals surface area contributed by atoms with Gasteiger partial charge in [-0.1, -0.05) is 47.7 Å². The van der Waals surface area contributed by atoms with Gasteiger partial charge < -0.3 is 14.6 Å². The summed E-state index contributed by atoms with van der Waals surface area (Å²) in [6.45, 7) is 6.42. The molecule has 0 aliphatic heterocycles. The summed E-state index contributed by atoms with van der Waals surface area (Å²) in [7, 11) is 3.49. The molecule has 0 bridgehead atoms. The fourth-order valence-corrected chi connectivity index (χ4v) is 4.54. The molecule has 7 heteroatoms. The number of carboxylic acids is 1. The van der Waals surface area contributed by atoms with Gasteiger partial charge in [-0.25, -0.2) is 4.68 Å². The standard InChI is InChI=1S/C28H31N3O4/c1-18-23(13-14-24-26(18)29-30-31(24)4)25(28(2,3)27(32)33)21-8-6-7-20(15-21)17-35-16-19-9-11-22(34-5)12-10-19/h6-15,25H,16-17H2,1-5H3,(H,32,33). The van der Waals surface area contributed by atoms with Crippen LogP contribution in [0, 0.1) is 12.3 Å². The number of carboxylic acid groups (broad SMARTS) is 1. The lowest BCUT2D eigenvalue weighted by molar-refractivity contribution is -0.147. The highest BCUT2D eigenvalue weighted by atomic mass is 16.5. The second-order valence-corrected chi connectivity index (χ2v) is 9.41. The number of hydrogen-bond acceptors (Lipinski definition) is 5. The van der Waals surface area contributed by atoms with E-state index in [1.807, 2.05) is 74.6 Å². The van der Waals surface area contributed by atoms with Gasteiger partial charge in [-0.3, -0.25) is 4.79 Å². The molecule has 0 saturated carbocycles. The Bertz CT molecular complexity index is 1340. The van der Waals surface area contributed by atoms with Crippen molar-refractivity contribution in [1.29, 1.82) is 0 Å². The number of hydrogen-bond donors (Lipinski definition) is 1. The fourth-order valence-electron chi connectivity index (χ4n) is 4.54. The lowest BCUT2D eigenvalue weighted by Gasteiger charge is -2.32. The topological polar surface area (TPSA) is 86.5 Å². The Balaban J connectivity index is 1.64. The zero-order valence-electron chi connectivity index (χ0n) is 20.8. The Morgan fingerprint density at radius 2 is 1.77 bits per heavy atom. The molecule has 0 amide bonds. The Hall–Kier alpha value is -3.71. The van der Waals surface area contributed by atoms with Crippen LogP contribution >= 0.6 is 0 Å². The number of benzene rings is 3. The van der Waals surface area contributed by atoms with Gasteiger partial charge in [-0.15, -0.1) is 5.10 Å². The molecule has 3 aromatic carbocycles. The van der Waals surface area contributed by atoms with Crippen LogP contribution in [0.15, 0.2) is 60.7 Å². The van der Waals surface area contributed by atoms with Crippen molar-refractivity contribution in [1.82, 2.24) is 15.0 Å². The Morgan fingerprint density at radius 3 is 2.46 bits per heavy atom. The van der Waals surface area contributed by atoms with E-state index in [0.717, 1.165) is 44.6 Å². The number of methoxy groups -OCH3 is 1. The van der Waals surface area contributed by atoms with Crippen LogP contribution in [0.5, 0.6) is 5.75 Å². The van der Waals surface area contributed by atoms with Gasteiger partial charge in [0.2, 0.25) is 0 Å². The molecule has 7 nitrogen and oxygen atoms in total. The van der Waals surface area contributed by atoms with Crippen LogP contribution in [-0.4, -0.2) is 33.2 Å². The minimum absolute atomic E-state index is 0.382. The highest BCUT2D eigenvalue weighted by molar-refractivity contribution is 5.81. The smallest absolute Gasteiger partial charge is 0.310 e. The molecule has 4 aromatic rings. The summed E-state index contributed by atoms with van der Waals surface area (Å²) < 4.78 is 12.9.